The molecule has 4 saturated carbocycles. The SMILES string of the molecule is COc1ccc(C(=O)O[C@@H]2CC[C@@]3(C)[C@@H]4CC[C@H]5[C@]6(O)C[C@H](O)[C@@]7(O)[C@@H](CN8C[C@@H](C)CC[C@H]8[C@@]7(C)O)[C@]6(O)C[C@@]53O[C@@]42O)cc1OC.O=S(=O)(O)O. The molecule has 3 saturated heterocycles. The molecule has 0 radical (unpaired) electrons. The Morgan fingerprint density at radius 2 is 1.53 bits per heavy atom. The zero-order chi connectivity index (χ0) is 38.9. The Bertz CT molecular complexity index is 1750. The standard InChI is InChI=1S/C36H51NO11.H2O4S/c1-19-6-11-26-31(3,40)35(43)25(17-37(26)16-19)33(42)18-34-24(32(33,41)15-27(35)38)10-9-23-30(34,2)13-12-28(36(23,44)48-34)47-29(39)20-7-8-21(45-4)22(14-20)46-5;1-5(2,3)4/h7-8,14,19,23-28,38,40-44H,6,9-13,15-18H2,1-5H3;(H2,1,2,3,4)/t19-,23-,24-,25-,26-,27-,28+,30-,31+,32+,33+,34+,35-,36-;/m0./s1. The van der Waals surface area contributed by atoms with Gasteiger partial charge in [-0.05, 0) is 69.6 Å². The molecule has 0 aromatic heterocycles. The van der Waals surface area contributed by atoms with E-state index in [1.807, 2.05) is 6.92 Å². The maximum Gasteiger partial charge on any atom is 0.394 e. The summed E-state index contributed by atoms with van der Waals surface area (Å²) in [7, 11) is -1.69. The molecule has 298 valence electrons. The molecule has 3 heterocycles. The summed E-state index contributed by atoms with van der Waals surface area (Å²) in [6.45, 7) is 6.57. The maximum atomic E-state index is 13.5. The van der Waals surface area contributed by atoms with Crippen molar-refractivity contribution >= 4 is 16.4 Å². The highest BCUT2D eigenvalue weighted by atomic mass is 32.3. The van der Waals surface area contributed by atoms with Crippen LogP contribution in [0.2, 0.25) is 0 Å². The number of fused-ring (bicyclic) bond motifs is 5. The highest BCUT2D eigenvalue weighted by Gasteiger charge is 2.88. The zero-order valence-corrected chi connectivity index (χ0v) is 31.5. The number of esters is 1. The fraction of sp³-hybridized carbons (Fsp3) is 0.806. The number of ether oxygens (including phenoxy) is 4. The molecule has 3 aliphatic heterocycles. The summed E-state index contributed by atoms with van der Waals surface area (Å²) in [5, 5.41) is 74.7. The Kier molecular flexibility index (Phi) is 8.98. The van der Waals surface area contributed by atoms with Gasteiger partial charge in [0.2, 0.25) is 5.79 Å². The van der Waals surface area contributed by atoms with Gasteiger partial charge < -0.3 is 49.6 Å². The fourth-order valence-corrected chi connectivity index (χ4v) is 12.6. The second-order valence-corrected chi connectivity index (χ2v) is 18.1. The van der Waals surface area contributed by atoms with E-state index in [2.05, 4.69) is 11.8 Å². The molecule has 0 unspecified atom stereocenters. The number of methoxy groups -OCH3 is 2. The molecule has 4 aliphatic carbocycles. The first-order chi connectivity index (χ1) is 24.5. The summed E-state index contributed by atoms with van der Waals surface area (Å²) in [5.41, 5.74) is -9.44. The Labute approximate surface area is 308 Å². The minimum atomic E-state index is -4.67. The molecule has 1 spiro atoms. The number of piperidine rings is 2. The lowest BCUT2D eigenvalue weighted by Crippen LogP contribution is -2.85. The van der Waals surface area contributed by atoms with Crippen molar-refractivity contribution < 1.29 is 71.9 Å². The van der Waals surface area contributed by atoms with Crippen molar-refractivity contribution in [3.8, 4) is 11.5 Å². The highest BCUT2D eigenvalue weighted by molar-refractivity contribution is 7.79. The van der Waals surface area contributed by atoms with Gasteiger partial charge in [0.15, 0.2) is 17.6 Å². The minimum absolute atomic E-state index is 0.101. The lowest BCUT2D eigenvalue weighted by Gasteiger charge is -2.68. The first-order valence-corrected chi connectivity index (χ1v) is 19.7. The highest BCUT2D eigenvalue weighted by Crippen LogP contribution is 2.78. The van der Waals surface area contributed by atoms with Crippen LogP contribution in [0.4, 0.5) is 0 Å². The second kappa shape index (κ2) is 12.2. The first-order valence-electron chi connectivity index (χ1n) is 18.3. The van der Waals surface area contributed by atoms with Gasteiger partial charge in [0.1, 0.15) is 22.4 Å². The zero-order valence-electron chi connectivity index (χ0n) is 30.6. The predicted octanol–water partition coefficient (Wildman–Crippen LogP) is 0.703. The Hall–Kier alpha value is -2.16. The van der Waals surface area contributed by atoms with Crippen molar-refractivity contribution in [3.63, 3.8) is 0 Å². The Morgan fingerprint density at radius 1 is 0.887 bits per heavy atom. The summed E-state index contributed by atoms with van der Waals surface area (Å²) >= 11 is 0. The number of carbonyl (C=O) groups excluding carboxylic acids is 1. The van der Waals surface area contributed by atoms with Gasteiger partial charge in [-0.2, -0.15) is 8.42 Å². The number of hydrogen-bond donors (Lipinski definition) is 8. The van der Waals surface area contributed by atoms with Crippen molar-refractivity contribution in [2.75, 3.05) is 27.3 Å². The third kappa shape index (κ3) is 5.15. The molecule has 17 heteroatoms. The lowest BCUT2D eigenvalue weighted by atomic mass is 9.49. The van der Waals surface area contributed by atoms with E-state index in [4.69, 9.17) is 36.5 Å². The number of aliphatic hydroxyl groups excluding tert-OH is 1. The van der Waals surface area contributed by atoms with Crippen LogP contribution in [0, 0.1) is 29.1 Å². The van der Waals surface area contributed by atoms with Crippen LogP contribution in [0.3, 0.4) is 0 Å². The van der Waals surface area contributed by atoms with Gasteiger partial charge in [-0.25, -0.2) is 4.79 Å². The summed E-state index contributed by atoms with van der Waals surface area (Å²) in [5.74, 6) is -3.63. The number of nitrogens with zero attached hydrogens (tertiary/aromatic N) is 1. The molecular formula is C36H53NO15S. The van der Waals surface area contributed by atoms with Crippen LogP contribution in [0.5, 0.6) is 11.5 Å². The van der Waals surface area contributed by atoms with Gasteiger partial charge in [0.25, 0.3) is 0 Å². The van der Waals surface area contributed by atoms with E-state index in [1.54, 1.807) is 19.1 Å². The molecule has 8 rings (SSSR count). The molecular weight excluding hydrogens is 718 g/mol. The van der Waals surface area contributed by atoms with Crippen molar-refractivity contribution in [3.05, 3.63) is 23.8 Å². The minimum Gasteiger partial charge on any atom is -0.493 e. The predicted molar refractivity (Wildman–Crippen MR) is 183 cm³/mol. The van der Waals surface area contributed by atoms with Crippen molar-refractivity contribution in [2.45, 2.75) is 124 Å². The largest absolute Gasteiger partial charge is 0.493 e. The van der Waals surface area contributed by atoms with Gasteiger partial charge in [0.05, 0.1) is 31.5 Å². The van der Waals surface area contributed by atoms with Crippen LogP contribution in [0.15, 0.2) is 18.2 Å². The van der Waals surface area contributed by atoms with Crippen molar-refractivity contribution in [2.24, 2.45) is 29.1 Å². The van der Waals surface area contributed by atoms with Crippen LogP contribution in [0.1, 0.15) is 82.5 Å². The molecule has 7 fully saturated rings. The van der Waals surface area contributed by atoms with Crippen LogP contribution < -0.4 is 9.47 Å². The van der Waals surface area contributed by atoms with E-state index in [0.29, 0.717) is 56.1 Å². The molecule has 1 aromatic rings. The number of hydrogen-bond acceptors (Lipinski definition) is 14. The van der Waals surface area contributed by atoms with Gasteiger partial charge in [-0.1, -0.05) is 13.8 Å². The van der Waals surface area contributed by atoms with E-state index in [1.165, 1.54) is 20.3 Å². The summed E-state index contributed by atoms with van der Waals surface area (Å²) in [6, 6.07) is 4.28. The molecule has 16 nitrogen and oxygen atoms in total. The summed E-state index contributed by atoms with van der Waals surface area (Å²) < 4.78 is 55.1. The van der Waals surface area contributed by atoms with Gasteiger partial charge in [0, 0.05) is 55.1 Å². The Morgan fingerprint density at radius 3 is 2.17 bits per heavy atom. The average Bonchev–Trinajstić information content (AvgIpc) is 3.24. The van der Waals surface area contributed by atoms with E-state index >= 15 is 0 Å². The van der Waals surface area contributed by atoms with Crippen LogP contribution >= 0.6 is 0 Å². The van der Waals surface area contributed by atoms with Crippen molar-refractivity contribution in [1.29, 1.82) is 0 Å². The Balaban J connectivity index is 0.000000817. The number of benzene rings is 1. The summed E-state index contributed by atoms with van der Waals surface area (Å²) in [6.07, 6.45) is 0.172. The molecule has 7 aliphatic rings. The second-order valence-electron chi connectivity index (χ2n) is 17.2. The van der Waals surface area contributed by atoms with Crippen LogP contribution in [-0.2, 0) is 19.9 Å². The van der Waals surface area contributed by atoms with E-state index in [0.717, 1.165) is 6.42 Å². The first kappa shape index (κ1) is 39.1. The average molecular weight is 772 g/mol. The van der Waals surface area contributed by atoms with E-state index in [9.17, 15) is 35.4 Å². The van der Waals surface area contributed by atoms with Crippen LogP contribution in [0.25, 0.3) is 0 Å². The fourth-order valence-electron chi connectivity index (χ4n) is 12.6. The van der Waals surface area contributed by atoms with Gasteiger partial charge in [-0.15, -0.1) is 0 Å². The number of aliphatic hydroxyl groups is 6. The van der Waals surface area contributed by atoms with E-state index < -0.39 is 91.6 Å². The normalized spacial score (nSPS) is 49.6. The third-order valence-electron chi connectivity index (χ3n) is 14.9. The molecule has 0 amide bonds. The quantitative estimate of drug-likeness (QED) is 0.155. The lowest BCUT2D eigenvalue weighted by molar-refractivity contribution is -0.354. The third-order valence-corrected chi connectivity index (χ3v) is 14.9. The molecule has 14 atom stereocenters. The molecule has 1 aromatic carbocycles. The monoisotopic (exact) mass is 771 g/mol. The number of carbonyl (C=O) groups is 1. The molecule has 8 N–H and O–H groups in total. The van der Waals surface area contributed by atoms with E-state index in [-0.39, 0.29) is 24.9 Å². The maximum absolute atomic E-state index is 13.5. The molecule has 4 bridgehead atoms. The molecule has 53 heavy (non-hydrogen) atoms. The summed E-state index contributed by atoms with van der Waals surface area (Å²) in [4.78, 5) is 15.6. The number of rotatable bonds is 4. The smallest absolute Gasteiger partial charge is 0.394 e. The van der Waals surface area contributed by atoms with Gasteiger partial charge >= 0.3 is 16.4 Å². The topological polar surface area (TPSA) is 253 Å². The van der Waals surface area contributed by atoms with Crippen molar-refractivity contribution in [1.82, 2.24) is 4.90 Å². The van der Waals surface area contributed by atoms with Crippen LogP contribution in [-0.4, -0.2) is 138 Å². The van der Waals surface area contributed by atoms with Gasteiger partial charge in [-0.3, -0.25) is 14.0 Å².